The van der Waals surface area contributed by atoms with E-state index < -0.39 is 5.97 Å². The van der Waals surface area contributed by atoms with Crippen molar-refractivity contribution in [1.82, 2.24) is 0 Å². The molecule has 4 nitrogen and oxygen atoms in total. The number of carboxylic acids is 1. The van der Waals surface area contributed by atoms with Gasteiger partial charge < -0.3 is 14.6 Å². The Bertz CT molecular complexity index is 1260. The first-order valence-corrected chi connectivity index (χ1v) is 13.1. The molecule has 0 aliphatic heterocycles. The van der Waals surface area contributed by atoms with Gasteiger partial charge in [0.25, 0.3) is 0 Å². The second kappa shape index (κ2) is 11.1. The topological polar surface area (TPSA) is 55.8 Å². The third-order valence-corrected chi connectivity index (χ3v) is 7.78. The highest BCUT2D eigenvalue weighted by Gasteiger charge is 2.34. The first-order chi connectivity index (χ1) is 17.6. The maximum atomic E-state index is 14.9. The summed E-state index contributed by atoms with van der Waals surface area (Å²) in [6, 6.07) is 18.2. The third kappa shape index (κ3) is 6.64. The van der Waals surface area contributed by atoms with Crippen LogP contribution in [-0.2, 0) is 11.4 Å². The largest absolute Gasteiger partial charge is 0.497 e. The van der Waals surface area contributed by atoms with Crippen LogP contribution in [0.15, 0.2) is 60.7 Å². The Morgan fingerprint density at radius 3 is 2.46 bits per heavy atom. The summed E-state index contributed by atoms with van der Waals surface area (Å²) < 4.78 is 26.3. The van der Waals surface area contributed by atoms with Gasteiger partial charge in [0.1, 0.15) is 23.9 Å². The van der Waals surface area contributed by atoms with E-state index in [1.54, 1.807) is 19.2 Å². The third-order valence-electron chi connectivity index (χ3n) is 6.89. The Kier molecular flexibility index (Phi) is 8.13. The molecule has 1 fully saturated rings. The summed E-state index contributed by atoms with van der Waals surface area (Å²) in [6.45, 7) is 6.47. The van der Waals surface area contributed by atoms with Crippen molar-refractivity contribution in [1.29, 1.82) is 0 Å². The Morgan fingerprint density at radius 2 is 1.81 bits per heavy atom. The van der Waals surface area contributed by atoms with E-state index in [1.807, 2.05) is 42.5 Å². The van der Waals surface area contributed by atoms with E-state index in [0.29, 0.717) is 29.6 Å². The summed E-state index contributed by atoms with van der Waals surface area (Å²) in [7, 11) is 1.56. The minimum atomic E-state index is -0.780. The summed E-state index contributed by atoms with van der Waals surface area (Å²) in [6.07, 6.45) is 2.27. The molecule has 1 saturated carbocycles. The molecule has 0 radical (unpaired) electrons. The monoisotopic (exact) mass is 524 g/mol. The second-order valence-corrected chi connectivity index (χ2v) is 11.3. The predicted octanol–water partition coefficient (Wildman–Crippen LogP) is 8.37. The summed E-state index contributed by atoms with van der Waals surface area (Å²) in [5.74, 6) is 0.579. The average molecular weight is 525 g/mol. The van der Waals surface area contributed by atoms with Crippen molar-refractivity contribution in [3.63, 3.8) is 0 Å². The summed E-state index contributed by atoms with van der Waals surface area (Å²) >= 11 is 6.94. The van der Waals surface area contributed by atoms with Gasteiger partial charge in [-0.1, -0.05) is 51.1 Å². The number of carboxylic acid groups (broad SMARTS) is 1. The number of ether oxygens (including phenoxy) is 2. The molecule has 1 N–H and O–H groups in total. The predicted molar refractivity (Wildman–Crippen MR) is 145 cm³/mol. The molecular formula is C31H34ClFO4. The van der Waals surface area contributed by atoms with Gasteiger partial charge >= 0.3 is 5.97 Å². The average Bonchev–Trinajstić information content (AvgIpc) is 3.71. The Labute approximate surface area is 223 Å². The molecule has 196 valence electrons. The van der Waals surface area contributed by atoms with Crippen molar-refractivity contribution < 1.29 is 23.8 Å². The zero-order valence-electron chi connectivity index (χ0n) is 21.8. The molecule has 1 aliphatic rings. The number of alkyl halides is 1. The van der Waals surface area contributed by atoms with Crippen LogP contribution in [0.3, 0.4) is 0 Å². The number of hydrogen-bond acceptors (Lipinski definition) is 3. The van der Waals surface area contributed by atoms with Crippen LogP contribution in [0.4, 0.5) is 4.39 Å². The van der Waals surface area contributed by atoms with Gasteiger partial charge in [-0.05, 0) is 82.7 Å². The van der Waals surface area contributed by atoms with Crippen LogP contribution in [0.5, 0.6) is 11.5 Å². The lowest BCUT2D eigenvalue weighted by molar-refractivity contribution is -0.137. The zero-order chi connectivity index (χ0) is 26.7. The molecule has 6 heteroatoms. The van der Waals surface area contributed by atoms with E-state index in [1.165, 1.54) is 6.07 Å². The van der Waals surface area contributed by atoms with Gasteiger partial charge in [0, 0.05) is 5.56 Å². The van der Waals surface area contributed by atoms with E-state index in [-0.39, 0.29) is 28.9 Å². The van der Waals surface area contributed by atoms with Crippen molar-refractivity contribution in [3.05, 3.63) is 83.2 Å². The van der Waals surface area contributed by atoms with E-state index >= 15 is 0 Å². The molecule has 0 heterocycles. The smallest absolute Gasteiger partial charge is 0.303 e. The normalized spacial score (nSPS) is 15.2. The molecular weight excluding hydrogens is 491 g/mol. The number of rotatable bonds is 10. The molecule has 0 amide bonds. The molecule has 1 aliphatic carbocycles. The number of benzene rings is 3. The van der Waals surface area contributed by atoms with Gasteiger partial charge in [-0.2, -0.15) is 0 Å². The van der Waals surface area contributed by atoms with Crippen LogP contribution in [0.2, 0.25) is 0 Å². The highest BCUT2D eigenvalue weighted by Crippen LogP contribution is 2.46. The van der Waals surface area contributed by atoms with Gasteiger partial charge in [0.15, 0.2) is 0 Å². The molecule has 0 spiro atoms. The Hall–Kier alpha value is -3.05. The summed E-state index contributed by atoms with van der Waals surface area (Å²) in [5.41, 5.74) is 3.63. The lowest BCUT2D eigenvalue weighted by Crippen LogP contribution is -2.15. The van der Waals surface area contributed by atoms with Crippen LogP contribution in [0.1, 0.15) is 68.0 Å². The molecule has 2 atom stereocenters. The minimum absolute atomic E-state index is 0.00786. The Balaban J connectivity index is 1.61. The molecule has 3 aromatic rings. The summed E-state index contributed by atoms with van der Waals surface area (Å²) in [4.78, 5) is 11.4. The summed E-state index contributed by atoms with van der Waals surface area (Å²) in [5, 5.41) is 8.98. The molecule has 4 rings (SSSR count). The molecule has 0 aromatic heterocycles. The van der Waals surface area contributed by atoms with Gasteiger partial charge in [-0.15, -0.1) is 11.6 Å². The molecule has 37 heavy (non-hydrogen) atoms. The van der Waals surface area contributed by atoms with Crippen molar-refractivity contribution in [3.8, 4) is 22.6 Å². The highest BCUT2D eigenvalue weighted by molar-refractivity contribution is 6.21. The molecule has 3 aromatic carbocycles. The lowest BCUT2D eigenvalue weighted by Gasteiger charge is -2.28. The minimum Gasteiger partial charge on any atom is -0.497 e. The second-order valence-electron chi connectivity index (χ2n) is 10.9. The fourth-order valence-corrected chi connectivity index (χ4v) is 4.89. The molecule has 0 saturated heterocycles. The van der Waals surface area contributed by atoms with Gasteiger partial charge in [-0.25, -0.2) is 4.39 Å². The fourth-order valence-electron chi connectivity index (χ4n) is 4.71. The standard InChI is InChI=1S/C31H34ClFO4/c1-31(2,3)30(32)27-14-19(8-12-24(27)26-16-22(36-4)11-13-28(26)33)18-37-23-7-5-6-21(15-23)25(17-29(34)35)20-9-10-20/h5-8,11-16,20,25,30H,9-10,17-18H2,1-4H3,(H,34,35)/t25-,30?/m1/s1. The number of carbonyl (C=O) groups is 1. The maximum Gasteiger partial charge on any atom is 0.303 e. The fraction of sp³-hybridized carbons (Fsp3) is 0.387. The highest BCUT2D eigenvalue weighted by atomic mass is 35.5. The first-order valence-electron chi connectivity index (χ1n) is 12.6. The first kappa shape index (κ1) is 27.0. The number of aliphatic carboxylic acids is 1. The van der Waals surface area contributed by atoms with E-state index in [2.05, 4.69) is 20.8 Å². The van der Waals surface area contributed by atoms with Crippen LogP contribution >= 0.6 is 11.6 Å². The molecule has 0 bridgehead atoms. The van der Waals surface area contributed by atoms with Crippen molar-refractivity contribution >= 4 is 17.6 Å². The van der Waals surface area contributed by atoms with E-state index in [4.69, 9.17) is 21.1 Å². The van der Waals surface area contributed by atoms with Gasteiger partial charge in [0.05, 0.1) is 18.9 Å². The van der Waals surface area contributed by atoms with Crippen LogP contribution in [-0.4, -0.2) is 18.2 Å². The van der Waals surface area contributed by atoms with Crippen molar-refractivity contribution in [2.24, 2.45) is 11.3 Å². The SMILES string of the molecule is COc1ccc(F)c(-c2ccc(COc3cccc([C@H](CC(=O)O)C4CC4)c3)cc2C(Cl)C(C)(C)C)c1. The zero-order valence-corrected chi connectivity index (χ0v) is 22.5. The number of halogens is 2. The van der Waals surface area contributed by atoms with Crippen molar-refractivity contribution in [2.75, 3.05) is 7.11 Å². The lowest BCUT2D eigenvalue weighted by atomic mass is 9.83. The van der Waals surface area contributed by atoms with Crippen LogP contribution in [0, 0.1) is 17.2 Å². The van der Waals surface area contributed by atoms with Gasteiger partial charge in [-0.3, -0.25) is 4.79 Å². The van der Waals surface area contributed by atoms with Gasteiger partial charge in [0.2, 0.25) is 0 Å². The van der Waals surface area contributed by atoms with E-state index in [9.17, 15) is 14.3 Å². The maximum absolute atomic E-state index is 14.9. The van der Waals surface area contributed by atoms with E-state index in [0.717, 1.165) is 35.1 Å². The van der Waals surface area contributed by atoms with Crippen LogP contribution < -0.4 is 9.47 Å². The number of methoxy groups -OCH3 is 1. The Morgan fingerprint density at radius 1 is 1.05 bits per heavy atom. The van der Waals surface area contributed by atoms with Crippen LogP contribution in [0.25, 0.3) is 11.1 Å². The van der Waals surface area contributed by atoms with Crippen molar-refractivity contribution in [2.45, 2.75) is 57.9 Å². The number of hydrogen-bond donors (Lipinski definition) is 1. The quantitative estimate of drug-likeness (QED) is 0.271. The molecule has 1 unspecified atom stereocenters.